The van der Waals surface area contributed by atoms with Gasteiger partial charge in [0.1, 0.15) is 6.29 Å². The van der Waals surface area contributed by atoms with Crippen LogP contribution in [-0.2, 0) is 25.6 Å². The topological polar surface area (TPSA) is 88.2 Å². The smallest absolute Gasteiger partial charge is 0.251 e. The van der Waals surface area contributed by atoms with Gasteiger partial charge in [0.15, 0.2) is 0 Å². The van der Waals surface area contributed by atoms with Gasteiger partial charge in [-0.2, -0.15) is 0 Å². The Morgan fingerprint density at radius 3 is 2.29 bits per heavy atom. The molecule has 0 spiro atoms. The van der Waals surface area contributed by atoms with Crippen molar-refractivity contribution in [3.05, 3.63) is 53.1 Å². The molecule has 2 fully saturated rings. The zero-order valence-corrected chi connectivity index (χ0v) is 33.3. The van der Waals surface area contributed by atoms with E-state index in [1.807, 2.05) is 17.9 Å². The molecule has 52 heavy (non-hydrogen) atoms. The molecular weight excluding hydrogens is 651 g/mol. The lowest BCUT2D eigenvalue weighted by atomic mass is 9.75. The van der Waals surface area contributed by atoms with Gasteiger partial charge in [-0.3, -0.25) is 14.5 Å². The molecule has 0 bridgehead atoms. The van der Waals surface area contributed by atoms with Crippen LogP contribution in [0.1, 0.15) is 121 Å². The lowest BCUT2D eigenvalue weighted by molar-refractivity contribution is -0.117. The Kier molecular flexibility index (Phi) is 16.4. The molecule has 2 heterocycles. The van der Waals surface area contributed by atoms with Gasteiger partial charge in [0.05, 0.1) is 13.2 Å². The number of benzene rings is 2. The first-order valence-corrected chi connectivity index (χ1v) is 20.1. The van der Waals surface area contributed by atoms with Crippen molar-refractivity contribution in [3.63, 3.8) is 0 Å². The van der Waals surface area contributed by atoms with E-state index in [0.29, 0.717) is 30.1 Å². The normalized spacial score (nSPS) is 18.6. The van der Waals surface area contributed by atoms with Gasteiger partial charge in [-0.05, 0) is 90.7 Å². The summed E-state index contributed by atoms with van der Waals surface area (Å²) < 4.78 is 11.1. The van der Waals surface area contributed by atoms with E-state index in [0.717, 1.165) is 87.2 Å². The minimum Gasteiger partial charge on any atom is -0.381 e. The van der Waals surface area contributed by atoms with E-state index in [-0.39, 0.29) is 36.2 Å². The highest BCUT2D eigenvalue weighted by molar-refractivity contribution is 6.02. The van der Waals surface area contributed by atoms with Crippen molar-refractivity contribution >= 4 is 23.8 Å². The molecule has 4 rings (SSSR count). The van der Waals surface area contributed by atoms with Crippen LogP contribution < -0.4 is 10.2 Å². The maximum atomic E-state index is 14.1. The summed E-state index contributed by atoms with van der Waals surface area (Å²) in [5, 5.41) is 3.13. The molecule has 2 aromatic carbocycles. The third-order valence-corrected chi connectivity index (χ3v) is 12.0. The van der Waals surface area contributed by atoms with Crippen LogP contribution in [0, 0.1) is 30.1 Å². The highest BCUT2D eigenvalue weighted by Gasteiger charge is 2.29. The highest BCUT2D eigenvalue weighted by Crippen LogP contribution is 2.37. The summed E-state index contributed by atoms with van der Waals surface area (Å²) in [7, 11) is 0. The molecule has 288 valence electrons. The number of hydrogen-bond acceptors (Lipinski definition) is 6. The molecule has 2 saturated heterocycles. The number of amides is 2. The SMILES string of the molecule is CCCCC(C)(CC)CCC(C)CC(C)C(C=O)CNC(=O)c1cc(-c2ccc(CN3CCOCC3)cc2)cc(N(C(C)=O)C2CCOCC2)c1C. The van der Waals surface area contributed by atoms with Gasteiger partial charge in [0.2, 0.25) is 5.91 Å². The van der Waals surface area contributed by atoms with E-state index >= 15 is 0 Å². The van der Waals surface area contributed by atoms with Gasteiger partial charge in [0.25, 0.3) is 5.91 Å². The summed E-state index contributed by atoms with van der Waals surface area (Å²) in [6.45, 7) is 20.7. The second kappa shape index (κ2) is 20.4. The van der Waals surface area contributed by atoms with Gasteiger partial charge in [-0.15, -0.1) is 0 Å². The predicted octanol–water partition coefficient (Wildman–Crippen LogP) is 8.62. The molecule has 4 atom stereocenters. The van der Waals surface area contributed by atoms with Crippen molar-refractivity contribution in [2.75, 3.05) is 51.0 Å². The van der Waals surface area contributed by atoms with Crippen molar-refractivity contribution in [2.24, 2.45) is 23.2 Å². The van der Waals surface area contributed by atoms with E-state index in [9.17, 15) is 14.4 Å². The van der Waals surface area contributed by atoms with E-state index in [4.69, 9.17) is 9.47 Å². The number of nitrogens with zero attached hydrogens (tertiary/aromatic N) is 2. The van der Waals surface area contributed by atoms with Gasteiger partial charge in [-0.1, -0.05) is 84.6 Å². The lowest BCUT2D eigenvalue weighted by Gasteiger charge is -2.35. The Bertz CT molecular complexity index is 1430. The summed E-state index contributed by atoms with van der Waals surface area (Å²) in [5.41, 5.74) is 5.52. The Morgan fingerprint density at radius 2 is 1.67 bits per heavy atom. The van der Waals surface area contributed by atoms with Crippen LogP contribution in [-0.4, -0.2) is 75.1 Å². The number of ether oxygens (including phenoxy) is 2. The van der Waals surface area contributed by atoms with Crippen molar-refractivity contribution in [1.82, 2.24) is 10.2 Å². The molecule has 1 N–H and O–H groups in total. The first kappa shape index (κ1) is 41.7. The van der Waals surface area contributed by atoms with Crippen LogP contribution in [0.4, 0.5) is 5.69 Å². The zero-order valence-electron chi connectivity index (χ0n) is 33.3. The molecule has 0 aromatic heterocycles. The molecule has 0 radical (unpaired) electrons. The summed E-state index contributed by atoms with van der Waals surface area (Å²) in [5.74, 6) is 0.110. The Hall–Kier alpha value is -3.07. The Morgan fingerprint density at radius 1 is 1.00 bits per heavy atom. The van der Waals surface area contributed by atoms with E-state index in [1.54, 1.807) is 6.92 Å². The van der Waals surface area contributed by atoms with Gasteiger partial charge < -0.3 is 24.5 Å². The van der Waals surface area contributed by atoms with Gasteiger partial charge in [-0.25, -0.2) is 0 Å². The van der Waals surface area contributed by atoms with E-state index in [1.165, 1.54) is 37.7 Å². The number of anilines is 1. The molecule has 2 amide bonds. The first-order chi connectivity index (χ1) is 25.0. The fourth-order valence-electron chi connectivity index (χ4n) is 8.03. The summed E-state index contributed by atoms with van der Waals surface area (Å²) in [4.78, 5) is 44.0. The highest BCUT2D eigenvalue weighted by atomic mass is 16.5. The van der Waals surface area contributed by atoms with Crippen LogP contribution in [0.3, 0.4) is 0 Å². The van der Waals surface area contributed by atoms with Crippen LogP contribution >= 0.6 is 0 Å². The molecule has 2 aliphatic rings. The van der Waals surface area contributed by atoms with E-state index < -0.39 is 0 Å². The maximum absolute atomic E-state index is 14.1. The third kappa shape index (κ3) is 11.7. The monoisotopic (exact) mass is 718 g/mol. The number of nitrogens with one attached hydrogen (secondary N) is 1. The number of carbonyl (C=O) groups excluding carboxylic acids is 3. The fraction of sp³-hybridized carbons (Fsp3) is 0.659. The number of hydrogen-bond donors (Lipinski definition) is 1. The number of unbranched alkanes of at least 4 members (excludes halogenated alkanes) is 1. The zero-order chi connectivity index (χ0) is 37.7. The predicted molar refractivity (Wildman–Crippen MR) is 212 cm³/mol. The average Bonchev–Trinajstić information content (AvgIpc) is 3.15. The lowest BCUT2D eigenvalue weighted by Crippen LogP contribution is -2.43. The largest absolute Gasteiger partial charge is 0.381 e. The maximum Gasteiger partial charge on any atom is 0.251 e. The van der Waals surface area contributed by atoms with Crippen molar-refractivity contribution < 1.29 is 23.9 Å². The number of rotatable bonds is 19. The summed E-state index contributed by atoms with van der Waals surface area (Å²) >= 11 is 0. The third-order valence-electron chi connectivity index (χ3n) is 12.0. The van der Waals surface area contributed by atoms with Crippen LogP contribution in [0.15, 0.2) is 36.4 Å². The second-order valence-corrected chi connectivity index (χ2v) is 16.1. The second-order valence-electron chi connectivity index (χ2n) is 16.1. The molecule has 2 aromatic rings. The molecule has 4 unspecified atom stereocenters. The Balaban J connectivity index is 1.53. The molecule has 8 nitrogen and oxygen atoms in total. The minimum absolute atomic E-state index is 0.00358. The van der Waals surface area contributed by atoms with Crippen molar-refractivity contribution in [1.29, 1.82) is 0 Å². The number of carbonyl (C=O) groups is 3. The van der Waals surface area contributed by atoms with Crippen molar-refractivity contribution in [3.8, 4) is 11.1 Å². The van der Waals surface area contributed by atoms with Crippen LogP contribution in [0.2, 0.25) is 0 Å². The molecular formula is C44H67N3O5. The molecule has 0 saturated carbocycles. The Labute approximate surface area is 314 Å². The minimum atomic E-state index is -0.276. The number of morpholine rings is 1. The standard InChI is InChI=1S/C44H67N3O5/c1-8-10-18-44(7,9-2)19-15-32(3)26-33(4)39(31-48)29-45-43(50)41-27-38(37-13-11-36(12-14-37)30-46-20-24-52-25-21-46)28-42(34(41)5)47(35(6)49)40-16-22-51-23-17-40/h11-14,27-28,31-33,39-40H,8-10,15-26,29-30H2,1-7H3,(H,45,50). The van der Waals surface area contributed by atoms with E-state index in [2.05, 4.69) is 75.2 Å². The molecule has 2 aliphatic heterocycles. The van der Waals surface area contributed by atoms with Crippen LogP contribution in [0.25, 0.3) is 11.1 Å². The molecule has 8 heteroatoms. The van der Waals surface area contributed by atoms with Gasteiger partial charge >= 0.3 is 0 Å². The molecule has 0 aliphatic carbocycles. The summed E-state index contributed by atoms with van der Waals surface area (Å²) in [6.07, 6.45) is 10.8. The summed E-state index contributed by atoms with van der Waals surface area (Å²) in [6, 6.07) is 12.5. The average molecular weight is 718 g/mol. The first-order valence-electron chi connectivity index (χ1n) is 20.1. The quantitative estimate of drug-likeness (QED) is 0.147. The number of aldehydes is 1. The van der Waals surface area contributed by atoms with Crippen LogP contribution in [0.5, 0.6) is 0 Å². The van der Waals surface area contributed by atoms with Crippen molar-refractivity contribution in [2.45, 2.75) is 119 Å². The fourth-order valence-corrected chi connectivity index (χ4v) is 8.03. The van der Waals surface area contributed by atoms with Gasteiger partial charge in [0, 0.05) is 69.5 Å².